The fraction of sp³-hybridized carbons (Fsp3) is 0.0588. The second kappa shape index (κ2) is 10.4. The molecule has 2 amide bonds. The highest BCUT2D eigenvalue weighted by molar-refractivity contribution is 6.09. The Labute approximate surface area is 232 Å². The number of para-hydroxylation sites is 2. The van der Waals surface area contributed by atoms with Gasteiger partial charge in [-0.25, -0.2) is 0 Å². The van der Waals surface area contributed by atoms with Crippen LogP contribution in [-0.2, 0) is 9.59 Å². The quantitative estimate of drug-likeness (QED) is 0.231. The predicted octanol–water partition coefficient (Wildman–Crippen LogP) is 8.17. The first-order chi connectivity index (χ1) is 19.5. The van der Waals surface area contributed by atoms with E-state index < -0.39 is 0 Å². The molecule has 0 aliphatic carbocycles. The fourth-order valence-corrected chi connectivity index (χ4v) is 5.19. The molecule has 6 nitrogen and oxygen atoms in total. The van der Waals surface area contributed by atoms with Gasteiger partial charge in [0.1, 0.15) is 0 Å². The first kappa shape index (κ1) is 24.9. The molecule has 0 bridgehead atoms. The van der Waals surface area contributed by atoms with E-state index in [0.29, 0.717) is 0 Å². The third-order valence-electron chi connectivity index (χ3n) is 6.84. The van der Waals surface area contributed by atoms with E-state index in [4.69, 9.17) is 0 Å². The molecule has 6 heteroatoms. The van der Waals surface area contributed by atoms with Crippen LogP contribution in [0, 0.1) is 0 Å². The summed E-state index contributed by atoms with van der Waals surface area (Å²) < 4.78 is 2.29. The summed E-state index contributed by atoms with van der Waals surface area (Å²) in [5.41, 5.74) is 7.72. The SMILES string of the molecule is CC(=O)Nc1ccc(N(c2ccc(NC(C)=O)cc2)c2ccc(-n3c4ccccc4c4ccccc43)cc2)cc1. The lowest BCUT2D eigenvalue weighted by molar-refractivity contribution is -0.115. The van der Waals surface area contributed by atoms with Crippen LogP contribution >= 0.6 is 0 Å². The minimum absolute atomic E-state index is 0.112. The van der Waals surface area contributed by atoms with Crippen molar-refractivity contribution >= 4 is 62.1 Å². The number of carbonyl (C=O) groups is 2. The van der Waals surface area contributed by atoms with Crippen LogP contribution in [0.25, 0.3) is 27.5 Å². The lowest BCUT2D eigenvalue weighted by atomic mass is 10.1. The molecule has 0 saturated heterocycles. The zero-order chi connectivity index (χ0) is 27.6. The molecule has 0 unspecified atom stereocenters. The molecule has 0 fully saturated rings. The number of hydrogen-bond acceptors (Lipinski definition) is 3. The molecule has 1 aromatic heterocycles. The van der Waals surface area contributed by atoms with Gasteiger partial charge in [-0.2, -0.15) is 0 Å². The van der Waals surface area contributed by atoms with Gasteiger partial charge in [0.2, 0.25) is 11.8 Å². The summed E-state index contributed by atoms with van der Waals surface area (Å²) in [5, 5.41) is 8.10. The van der Waals surface area contributed by atoms with E-state index in [0.717, 1.165) is 45.2 Å². The van der Waals surface area contributed by atoms with Crippen molar-refractivity contribution in [2.45, 2.75) is 13.8 Å². The maximum Gasteiger partial charge on any atom is 0.221 e. The molecule has 196 valence electrons. The average molecular weight is 525 g/mol. The molecule has 0 aliphatic rings. The molecule has 6 aromatic rings. The third kappa shape index (κ3) is 4.78. The summed E-state index contributed by atoms with van der Waals surface area (Å²) in [4.78, 5) is 25.2. The molecule has 0 atom stereocenters. The van der Waals surface area contributed by atoms with Crippen molar-refractivity contribution in [3.05, 3.63) is 121 Å². The van der Waals surface area contributed by atoms with Crippen molar-refractivity contribution in [3.63, 3.8) is 0 Å². The van der Waals surface area contributed by atoms with Crippen LogP contribution in [0.3, 0.4) is 0 Å². The van der Waals surface area contributed by atoms with Gasteiger partial charge in [0.25, 0.3) is 0 Å². The van der Waals surface area contributed by atoms with Crippen LogP contribution in [0.5, 0.6) is 0 Å². The first-order valence-electron chi connectivity index (χ1n) is 13.1. The van der Waals surface area contributed by atoms with E-state index in [1.165, 1.54) is 24.6 Å². The Bertz CT molecular complexity index is 1720. The number of nitrogens with zero attached hydrogens (tertiary/aromatic N) is 2. The number of anilines is 5. The molecule has 2 N–H and O–H groups in total. The number of benzene rings is 5. The molecule has 0 radical (unpaired) electrons. The standard InChI is InChI=1S/C34H28N4O2/c1-23(39)35-25-11-15-27(16-12-25)37(28-17-13-26(14-18-28)36-24(2)40)29-19-21-30(22-20-29)38-33-9-5-3-7-31(33)32-8-4-6-10-34(32)38/h3-22H,1-2H3,(H,35,39)(H,36,40). The zero-order valence-corrected chi connectivity index (χ0v) is 22.3. The Morgan fingerprint density at radius 3 is 1.30 bits per heavy atom. The molecule has 40 heavy (non-hydrogen) atoms. The average Bonchev–Trinajstić information content (AvgIpc) is 3.29. The Morgan fingerprint density at radius 1 is 0.525 bits per heavy atom. The molecule has 0 spiro atoms. The Balaban J connectivity index is 1.43. The van der Waals surface area contributed by atoms with Gasteiger partial charge in [0, 0.05) is 58.7 Å². The van der Waals surface area contributed by atoms with Crippen LogP contribution in [0.4, 0.5) is 28.4 Å². The van der Waals surface area contributed by atoms with Crippen molar-refractivity contribution < 1.29 is 9.59 Å². The lowest BCUT2D eigenvalue weighted by Gasteiger charge is -2.26. The van der Waals surface area contributed by atoms with Gasteiger partial charge in [0.15, 0.2) is 0 Å². The van der Waals surface area contributed by atoms with Crippen LogP contribution < -0.4 is 15.5 Å². The molecule has 0 aliphatic heterocycles. The summed E-state index contributed by atoms with van der Waals surface area (Å²) in [6, 6.07) is 40.9. The van der Waals surface area contributed by atoms with E-state index in [-0.39, 0.29) is 11.8 Å². The number of fused-ring (bicyclic) bond motifs is 3. The van der Waals surface area contributed by atoms with Gasteiger partial charge in [0.05, 0.1) is 11.0 Å². The van der Waals surface area contributed by atoms with Gasteiger partial charge in [-0.3, -0.25) is 9.59 Å². The normalized spacial score (nSPS) is 10.9. The molecular formula is C34H28N4O2. The Kier molecular flexibility index (Phi) is 6.50. The molecule has 5 aromatic carbocycles. The maximum absolute atomic E-state index is 11.5. The monoisotopic (exact) mass is 524 g/mol. The molecule has 1 heterocycles. The number of hydrogen-bond donors (Lipinski definition) is 2. The molecule has 6 rings (SSSR count). The van der Waals surface area contributed by atoms with Gasteiger partial charge in [-0.05, 0) is 84.9 Å². The fourth-order valence-electron chi connectivity index (χ4n) is 5.19. The number of amides is 2. The second-order valence-electron chi connectivity index (χ2n) is 9.68. The highest BCUT2D eigenvalue weighted by atomic mass is 16.2. The zero-order valence-electron chi connectivity index (χ0n) is 22.3. The van der Waals surface area contributed by atoms with E-state index in [9.17, 15) is 9.59 Å². The smallest absolute Gasteiger partial charge is 0.221 e. The van der Waals surface area contributed by atoms with Crippen molar-refractivity contribution in [1.29, 1.82) is 0 Å². The summed E-state index contributed by atoms with van der Waals surface area (Å²) in [7, 11) is 0. The summed E-state index contributed by atoms with van der Waals surface area (Å²) in [6.45, 7) is 2.99. The van der Waals surface area contributed by atoms with Gasteiger partial charge in [-0.15, -0.1) is 0 Å². The highest BCUT2D eigenvalue weighted by Gasteiger charge is 2.15. The van der Waals surface area contributed by atoms with Crippen molar-refractivity contribution in [1.82, 2.24) is 4.57 Å². The number of aromatic nitrogens is 1. The van der Waals surface area contributed by atoms with Crippen LogP contribution in [0.2, 0.25) is 0 Å². The Hall–Kier alpha value is -5.36. The Morgan fingerprint density at radius 2 is 0.900 bits per heavy atom. The lowest BCUT2D eigenvalue weighted by Crippen LogP contribution is -2.11. The topological polar surface area (TPSA) is 66.4 Å². The van der Waals surface area contributed by atoms with E-state index in [2.05, 4.69) is 92.9 Å². The molecular weight excluding hydrogens is 496 g/mol. The van der Waals surface area contributed by atoms with Gasteiger partial charge < -0.3 is 20.1 Å². The summed E-state index contributed by atoms with van der Waals surface area (Å²) >= 11 is 0. The third-order valence-corrected chi connectivity index (χ3v) is 6.84. The first-order valence-corrected chi connectivity index (χ1v) is 13.1. The van der Waals surface area contributed by atoms with E-state index >= 15 is 0 Å². The molecule has 0 saturated carbocycles. The number of rotatable bonds is 6. The minimum atomic E-state index is -0.112. The van der Waals surface area contributed by atoms with E-state index in [1.807, 2.05) is 48.5 Å². The highest BCUT2D eigenvalue weighted by Crippen LogP contribution is 2.37. The van der Waals surface area contributed by atoms with Crippen LogP contribution in [0.1, 0.15) is 13.8 Å². The summed E-state index contributed by atoms with van der Waals surface area (Å²) in [6.07, 6.45) is 0. The van der Waals surface area contributed by atoms with Crippen LogP contribution in [-0.4, -0.2) is 16.4 Å². The maximum atomic E-state index is 11.5. The van der Waals surface area contributed by atoms with Crippen LogP contribution in [0.15, 0.2) is 121 Å². The predicted molar refractivity (Wildman–Crippen MR) is 164 cm³/mol. The largest absolute Gasteiger partial charge is 0.326 e. The number of carbonyl (C=O) groups excluding carboxylic acids is 2. The second-order valence-corrected chi connectivity index (χ2v) is 9.68. The van der Waals surface area contributed by atoms with Gasteiger partial charge >= 0.3 is 0 Å². The van der Waals surface area contributed by atoms with Crippen molar-refractivity contribution in [3.8, 4) is 5.69 Å². The summed E-state index contributed by atoms with van der Waals surface area (Å²) in [5.74, 6) is -0.224. The minimum Gasteiger partial charge on any atom is -0.326 e. The van der Waals surface area contributed by atoms with Crippen molar-refractivity contribution in [2.24, 2.45) is 0 Å². The number of nitrogens with one attached hydrogen (secondary N) is 2. The van der Waals surface area contributed by atoms with E-state index in [1.54, 1.807) is 0 Å². The van der Waals surface area contributed by atoms with Gasteiger partial charge in [-0.1, -0.05) is 36.4 Å². The van der Waals surface area contributed by atoms with Crippen molar-refractivity contribution in [2.75, 3.05) is 15.5 Å².